The van der Waals surface area contributed by atoms with Crippen molar-refractivity contribution in [2.24, 2.45) is 5.92 Å². The van der Waals surface area contributed by atoms with Crippen molar-refractivity contribution in [1.29, 1.82) is 0 Å². The number of rotatable bonds is 2. The highest BCUT2D eigenvalue weighted by Gasteiger charge is 2.49. The van der Waals surface area contributed by atoms with Crippen molar-refractivity contribution < 1.29 is 19.4 Å². The number of carbonyl (C=O) groups is 1. The molecule has 0 spiro atoms. The van der Waals surface area contributed by atoms with Gasteiger partial charge in [0.15, 0.2) is 11.5 Å². The number of aldehydes is 1. The fraction of sp³-hybridized carbons (Fsp3) is 0.526. The van der Waals surface area contributed by atoms with Crippen LogP contribution in [0.3, 0.4) is 0 Å². The second kappa shape index (κ2) is 5.07. The van der Waals surface area contributed by atoms with E-state index in [0.717, 1.165) is 42.9 Å². The second-order valence-corrected chi connectivity index (χ2v) is 7.30. The third-order valence-corrected chi connectivity index (χ3v) is 6.20. The van der Waals surface area contributed by atoms with Crippen LogP contribution in [0.15, 0.2) is 17.7 Å². The molecule has 3 aliphatic heterocycles. The van der Waals surface area contributed by atoms with Crippen LogP contribution in [-0.4, -0.2) is 41.8 Å². The summed E-state index contributed by atoms with van der Waals surface area (Å²) in [5.74, 6) is 1.72. The molecule has 5 rings (SSSR count). The van der Waals surface area contributed by atoms with Gasteiger partial charge in [-0.05, 0) is 36.1 Å². The number of fused-ring (bicyclic) bond motifs is 3. The first-order valence-electron chi connectivity index (χ1n) is 8.67. The zero-order valence-corrected chi connectivity index (χ0v) is 13.7. The van der Waals surface area contributed by atoms with Crippen LogP contribution in [0.2, 0.25) is 0 Å². The summed E-state index contributed by atoms with van der Waals surface area (Å²) in [6, 6.07) is 2.41. The van der Waals surface area contributed by atoms with Gasteiger partial charge in [-0.25, -0.2) is 0 Å². The second-order valence-electron chi connectivity index (χ2n) is 7.30. The first-order valence-corrected chi connectivity index (χ1v) is 8.67. The lowest BCUT2D eigenvalue weighted by Gasteiger charge is -2.46. The molecule has 24 heavy (non-hydrogen) atoms. The molecule has 0 bridgehead atoms. The van der Waals surface area contributed by atoms with Crippen molar-refractivity contribution in [1.82, 2.24) is 4.90 Å². The van der Waals surface area contributed by atoms with Crippen molar-refractivity contribution in [3.63, 3.8) is 0 Å². The van der Waals surface area contributed by atoms with E-state index < -0.39 is 6.10 Å². The molecule has 4 atom stereocenters. The summed E-state index contributed by atoms with van der Waals surface area (Å²) in [7, 11) is 0. The SMILES string of the molecule is Cc1c2c(cc3c1C1C(CC=O)C(O)C=C4CCN(C3)C41)OCO2. The first kappa shape index (κ1) is 14.5. The molecule has 4 aliphatic rings. The number of aliphatic hydroxyl groups excluding tert-OH is 1. The molecular weight excluding hydrogens is 306 g/mol. The number of hydrogen-bond acceptors (Lipinski definition) is 5. The Morgan fingerprint density at radius 3 is 3.12 bits per heavy atom. The van der Waals surface area contributed by atoms with Gasteiger partial charge in [0.05, 0.1) is 6.10 Å². The van der Waals surface area contributed by atoms with Gasteiger partial charge in [0.2, 0.25) is 6.79 Å². The van der Waals surface area contributed by atoms with Gasteiger partial charge < -0.3 is 19.4 Å². The van der Waals surface area contributed by atoms with Gasteiger partial charge in [-0.15, -0.1) is 0 Å². The van der Waals surface area contributed by atoms with Crippen LogP contribution in [0, 0.1) is 12.8 Å². The summed E-state index contributed by atoms with van der Waals surface area (Å²) in [6.07, 6.45) is 3.78. The molecular formula is C19H21NO4. The lowest BCUT2D eigenvalue weighted by molar-refractivity contribution is -0.109. The van der Waals surface area contributed by atoms with Crippen LogP contribution in [0.25, 0.3) is 0 Å². The summed E-state index contributed by atoms with van der Waals surface area (Å²) >= 11 is 0. The summed E-state index contributed by atoms with van der Waals surface area (Å²) < 4.78 is 11.3. The first-order chi connectivity index (χ1) is 11.7. The molecule has 0 saturated carbocycles. The van der Waals surface area contributed by atoms with Crippen LogP contribution in [0.5, 0.6) is 11.5 Å². The molecule has 1 aliphatic carbocycles. The molecule has 1 saturated heterocycles. The van der Waals surface area contributed by atoms with Gasteiger partial charge >= 0.3 is 0 Å². The lowest BCUT2D eigenvalue weighted by atomic mass is 9.66. The van der Waals surface area contributed by atoms with Gasteiger partial charge in [0.1, 0.15) is 6.29 Å². The smallest absolute Gasteiger partial charge is 0.231 e. The van der Waals surface area contributed by atoms with E-state index in [1.807, 2.05) is 6.08 Å². The Bertz CT molecular complexity index is 756. The minimum Gasteiger partial charge on any atom is -0.454 e. The number of aliphatic hydroxyl groups is 1. The average molecular weight is 327 g/mol. The minimum absolute atomic E-state index is 0.0741. The number of hydrogen-bond donors (Lipinski definition) is 1. The largest absolute Gasteiger partial charge is 0.454 e. The summed E-state index contributed by atoms with van der Waals surface area (Å²) in [6.45, 7) is 4.26. The fourth-order valence-electron chi connectivity index (χ4n) is 5.27. The number of carbonyl (C=O) groups excluding carboxylic acids is 1. The molecule has 4 unspecified atom stereocenters. The maximum atomic E-state index is 11.3. The van der Waals surface area contributed by atoms with Gasteiger partial charge in [-0.3, -0.25) is 4.90 Å². The van der Waals surface area contributed by atoms with E-state index in [0.29, 0.717) is 12.5 Å². The zero-order chi connectivity index (χ0) is 16.4. The van der Waals surface area contributed by atoms with E-state index in [1.165, 1.54) is 16.7 Å². The van der Waals surface area contributed by atoms with E-state index in [9.17, 15) is 9.90 Å². The van der Waals surface area contributed by atoms with E-state index in [2.05, 4.69) is 17.9 Å². The van der Waals surface area contributed by atoms with Crippen molar-refractivity contribution in [2.75, 3.05) is 13.3 Å². The monoisotopic (exact) mass is 327 g/mol. The summed E-state index contributed by atoms with van der Waals surface area (Å²) in [5.41, 5.74) is 4.96. The number of ether oxygens (including phenoxy) is 2. The van der Waals surface area contributed by atoms with E-state index >= 15 is 0 Å². The Morgan fingerprint density at radius 2 is 2.29 bits per heavy atom. The maximum absolute atomic E-state index is 11.3. The molecule has 1 N–H and O–H groups in total. The lowest BCUT2D eigenvalue weighted by Crippen LogP contribution is -2.47. The highest BCUT2D eigenvalue weighted by molar-refractivity contribution is 5.60. The molecule has 0 radical (unpaired) electrons. The molecule has 5 heteroatoms. The minimum atomic E-state index is -0.554. The van der Waals surface area contributed by atoms with E-state index in [1.54, 1.807) is 0 Å². The van der Waals surface area contributed by atoms with Crippen LogP contribution >= 0.6 is 0 Å². The van der Waals surface area contributed by atoms with Gasteiger partial charge in [-0.1, -0.05) is 11.6 Å². The topological polar surface area (TPSA) is 59.0 Å². The maximum Gasteiger partial charge on any atom is 0.231 e. The summed E-state index contributed by atoms with van der Waals surface area (Å²) in [5, 5.41) is 10.7. The Labute approximate surface area is 140 Å². The third-order valence-electron chi connectivity index (χ3n) is 6.20. The Morgan fingerprint density at radius 1 is 1.42 bits per heavy atom. The molecule has 126 valence electrons. The molecule has 1 aromatic rings. The van der Waals surface area contributed by atoms with Crippen LogP contribution in [-0.2, 0) is 11.3 Å². The molecule has 0 amide bonds. The van der Waals surface area contributed by atoms with Crippen LogP contribution in [0.4, 0.5) is 0 Å². The Kier molecular flexibility index (Phi) is 3.06. The predicted octanol–water partition coefficient (Wildman–Crippen LogP) is 1.90. The van der Waals surface area contributed by atoms with Crippen molar-refractivity contribution in [3.8, 4) is 11.5 Å². The highest BCUT2D eigenvalue weighted by Crippen LogP contribution is 2.53. The van der Waals surface area contributed by atoms with Gasteiger partial charge in [0.25, 0.3) is 0 Å². The molecule has 1 aromatic carbocycles. The zero-order valence-electron chi connectivity index (χ0n) is 13.7. The number of benzene rings is 1. The normalized spacial score (nSPS) is 33.0. The third kappa shape index (κ3) is 1.80. The quantitative estimate of drug-likeness (QED) is 0.664. The van der Waals surface area contributed by atoms with Gasteiger partial charge in [-0.2, -0.15) is 0 Å². The average Bonchev–Trinajstić information content (AvgIpc) is 3.18. The van der Waals surface area contributed by atoms with Crippen molar-refractivity contribution >= 4 is 6.29 Å². The summed E-state index contributed by atoms with van der Waals surface area (Å²) in [4.78, 5) is 13.8. The van der Waals surface area contributed by atoms with Crippen molar-refractivity contribution in [2.45, 2.75) is 44.4 Å². The fourth-order valence-corrected chi connectivity index (χ4v) is 5.27. The van der Waals surface area contributed by atoms with Gasteiger partial charge in [0, 0.05) is 37.4 Å². The number of nitrogens with zero attached hydrogens (tertiary/aromatic N) is 1. The van der Waals surface area contributed by atoms with E-state index in [-0.39, 0.29) is 18.6 Å². The van der Waals surface area contributed by atoms with Crippen molar-refractivity contribution in [3.05, 3.63) is 34.4 Å². The standard InChI is InChI=1S/C19H21NO4/c1-10-16-12(7-15-19(10)24-9-23-15)8-20-4-2-11-6-14(22)13(3-5-21)17(16)18(11)20/h5-7,13-14,17-18,22H,2-4,8-9H2,1H3. The molecule has 1 fully saturated rings. The Hall–Kier alpha value is -1.85. The highest BCUT2D eigenvalue weighted by atomic mass is 16.7. The molecule has 5 nitrogen and oxygen atoms in total. The van der Waals surface area contributed by atoms with E-state index in [4.69, 9.17) is 9.47 Å². The van der Waals surface area contributed by atoms with Crippen LogP contribution < -0.4 is 9.47 Å². The molecule has 3 heterocycles. The molecule has 0 aromatic heterocycles. The Balaban J connectivity index is 1.73. The predicted molar refractivity (Wildman–Crippen MR) is 87.1 cm³/mol. The van der Waals surface area contributed by atoms with Crippen LogP contribution in [0.1, 0.15) is 35.4 Å².